The highest BCUT2D eigenvalue weighted by atomic mass is 32.2. The largest absolute Gasteiger partial charge is 0.373 e. The molecule has 0 radical (unpaired) electrons. The van der Waals surface area contributed by atoms with Crippen molar-refractivity contribution < 1.29 is 8.42 Å². The highest BCUT2D eigenvalue weighted by molar-refractivity contribution is 7.92. The van der Waals surface area contributed by atoms with E-state index in [0.29, 0.717) is 11.5 Å². The molecule has 0 aliphatic carbocycles. The standard InChI is InChI=1S/C10H17N3O2S/c1-8(2)7-16(14,15)13-9-4-5-10(11-3)12-6-9/h4-6,8,13H,7H2,1-3H3,(H,11,12). The number of anilines is 2. The van der Waals surface area contributed by atoms with Crippen LogP contribution in [0.2, 0.25) is 0 Å². The fraction of sp³-hybridized carbons (Fsp3) is 0.500. The highest BCUT2D eigenvalue weighted by Crippen LogP contribution is 2.12. The summed E-state index contributed by atoms with van der Waals surface area (Å²) in [5, 5.41) is 2.86. The fourth-order valence-corrected chi connectivity index (χ4v) is 2.70. The zero-order valence-corrected chi connectivity index (χ0v) is 10.5. The van der Waals surface area contributed by atoms with Crippen LogP contribution in [0, 0.1) is 5.92 Å². The van der Waals surface area contributed by atoms with E-state index in [1.807, 2.05) is 13.8 Å². The van der Waals surface area contributed by atoms with Gasteiger partial charge in [-0.1, -0.05) is 13.8 Å². The van der Waals surface area contributed by atoms with Crippen molar-refractivity contribution in [1.82, 2.24) is 4.98 Å². The molecule has 1 aromatic rings. The van der Waals surface area contributed by atoms with E-state index in [4.69, 9.17) is 0 Å². The molecule has 5 nitrogen and oxygen atoms in total. The van der Waals surface area contributed by atoms with Crippen LogP contribution in [0.25, 0.3) is 0 Å². The second-order valence-corrected chi connectivity index (χ2v) is 5.73. The summed E-state index contributed by atoms with van der Waals surface area (Å²) in [5.74, 6) is 0.912. The second-order valence-electron chi connectivity index (χ2n) is 3.96. The van der Waals surface area contributed by atoms with Crippen molar-refractivity contribution in [1.29, 1.82) is 0 Å². The maximum atomic E-state index is 11.6. The van der Waals surface area contributed by atoms with Crippen molar-refractivity contribution >= 4 is 21.5 Å². The molecular weight excluding hydrogens is 226 g/mol. The van der Waals surface area contributed by atoms with Gasteiger partial charge < -0.3 is 5.32 Å². The van der Waals surface area contributed by atoms with E-state index in [-0.39, 0.29) is 11.7 Å². The van der Waals surface area contributed by atoms with Gasteiger partial charge in [-0.2, -0.15) is 0 Å². The van der Waals surface area contributed by atoms with Gasteiger partial charge in [0.1, 0.15) is 5.82 Å². The summed E-state index contributed by atoms with van der Waals surface area (Å²) in [5.41, 5.74) is 0.486. The SMILES string of the molecule is CNc1ccc(NS(=O)(=O)CC(C)C)cn1. The van der Waals surface area contributed by atoms with Crippen molar-refractivity contribution in [3.8, 4) is 0 Å². The molecule has 0 amide bonds. The minimum atomic E-state index is -3.26. The molecule has 0 aromatic carbocycles. The Labute approximate surface area is 96.3 Å². The van der Waals surface area contributed by atoms with E-state index in [1.165, 1.54) is 6.20 Å². The number of sulfonamides is 1. The minimum absolute atomic E-state index is 0.0991. The van der Waals surface area contributed by atoms with Crippen molar-refractivity contribution in [2.75, 3.05) is 22.8 Å². The number of hydrogen-bond acceptors (Lipinski definition) is 4. The molecule has 0 fully saturated rings. The molecule has 16 heavy (non-hydrogen) atoms. The van der Waals surface area contributed by atoms with Crippen LogP contribution in [0.5, 0.6) is 0 Å². The van der Waals surface area contributed by atoms with Gasteiger partial charge in [0.05, 0.1) is 17.6 Å². The van der Waals surface area contributed by atoms with Crippen LogP contribution in [0.1, 0.15) is 13.8 Å². The summed E-state index contributed by atoms with van der Waals surface area (Å²) in [6.45, 7) is 3.73. The number of pyridine rings is 1. The third kappa shape index (κ3) is 4.06. The van der Waals surface area contributed by atoms with Gasteiger partial charge in [-0.15, -0.1) is 0 Å². The van der Waals surface area contributed by atoms with Crippen molar-refractivity contribution in [3.05, 3.63) is 18.3 Å². The smallest absolute Gasteiger partial charge is 0.233 e. The van der Waals surface area contributed by atoms with E-state index >= 15 is 0 Å². The summed E-state index contributed by atoms with van der Waals surface area (Å²) >= 11 is 0. The number of rotatable bonds is 5. The Morgan fingerprint density at radius 1 is 1.38 bits per heavy atom. The topological polar surface area (TPSA) is 71.1 Å². The lowest BCUT2D eigenvalue weighted by Gasteiger charge is -2.09. The van der Waals surface area contributed by atoms with E-state index < -0.39 is 10.0 Å². The summed E-state index contributed by atoms with van der Waals surface area (Å²) in [6.07, 6.45) is 1.49. The Balaban J connectivity index is 2.72. The van der Waals surface area contributed by atoms with Gasteiger partial charge in [-0.05, 0) is 18.1 Å². The quantitative estimate of drug-likeness (QED) is 0.822. The average molecular weight is 243 g/mol. The first-order valence-corrected chi connectivity index (χ1v) is 6.72. The number of aromatic nitrogens is 1. The molecule has 2 N–H and O–H groups in total. The maximum Gasteiger partial charge on any atom is 0.233 e. The minimum Gasteiger partial charge on any atom is -0.373 e. The van der Waals surface area contributed by atoms with E-state index in [9.17, 15) is 8.42 Å². The van der Waals surface area contributed by atoms with E-state index in [1.54, 1.807) is 19.2 Å². The Morgan fingerprint density at radius 2 is 2.06 bits per heavy atom. The molecule has 0 unspecified atom stereocenters. The molecule has 0 bridgehead atoms. The van der Waals surface area contributed by atoms with Gasteiger partial charge in [0.15, 0.2) is 0 Å². The molecule has 0 spiro atoms. The Morgan fingerprint density at radius 3 is 2.50 bits per heavy atom. The van der Waals surface area contributed by atoms with Crippen LogP contribution in [0.15, 0.2) is 18.3 Å². The predicted octanol–water partition coefficient (Wildman–Crippen LogP) is 1.52. The molecule has 0 saturated carbocycles. The van der Waals surface area contributed by atoms with Crippen LogP contribution >= 0.6 is 0 Å². The number of hydrogen-bond donors (Lipinski definition) is 2. The summed E-state index contributed by atoms with van der Waals surface area (Å²) in [4.78, 5) is 4.02. The first kappa shape index (κ1) is 12.8. The molecule has 1 aromatic heterocycles. The van der Waals surface area contributed by atoms with Gasteiger partial charge in [-0.25, -0.2) is 13.4 Å². The molecule has 90 valence electrons. The van der Waals surface area contributed by atoms with Crippen LogP contribution in [0.3, 0.4) is 0 Å². The zero-order chi connectivity index (χ0) is 12.2. The predicted molar refractivity (Wildman–Crippen MR) is 66.0 cm³/mol. The third-order valence-corrected chi connectivity index (χ3v) is 3.50. The lowest BCUT2D eigenvalue weighted by molar-refractivity contribution is 0.587. The summed E-state index contributed by atoms with van der Waals surface area (Å²) in [6, 6.07) is 3.39. The van der Waals surface area contributed by atoms with Crippen LogP contribution in [-0.2, 0) is 10.0 Å². The lowest BCUT2D eigenvalue weighted by Crippen LogP contribution is -2.20. The van der Waals surface area contributed by atoms with Crippen molar-refractivity contribution in [2.45, 2.75) is 13.8 Å². The van der Waals surface area contributed by atoms with Gasteiger partial charge in [0.2, 0.25) is 10.0 Å². The summed E-state index contributed by atoms with van der Waals surface area (Å²) < 4.78 is 25.7. The highest BCUT2D eigenvalue weighted by Gasteiger charge is 2.12. The lowest BCUT2D eigenvalue weighted by atomic mass is 10.3. The zero-order valence-electron chi connectivity index (χ0n) is 9.69. The van der Waals surface area contributed by atoms with Gasteiger partial charge in [0.25, 0.3) is 0 Å². The fourth-order valence-electron chi connectivity index (χ4n) is 1.26. The van der Waals surface area contributed by atoms with Crippen LogP contribution < -0.4 is 10.0 Å². The van der Waals surface area contributed by atoms with Crippen molar-refractivity contribution in [2.24, 2.45) is 5.92 Å². The maximum absolute atomic E-state index is 11.6. The molecule has 1 rings (SSSR count). The van der Waals surface area contributed by atoms with E-state index in [0.717, 1.165) is 0 Å². The van der Waals surface area contributed by atoms with Gasteiger partial charge in [0, 0.05) is 7.05 Å². The molecule has 0 aliphatic heterocycles. The second kappa shape index (κ2) is 5.16. The molecule has 0 saturated heterocycles. The first-order valence-electron chi connectivity index (χ1n) is 5.07. The van der Waals surface area contributed by atoms with Crippen molar-refractivity contribution in [3.63, 3.8) is 0 Å². The molecule has 1 heterocycles. The molecular formula is C10H17N3O2S. The van der Waals surface area contributed by atoms with Crippen LogP contribution in [0.4, 0.5) is 11.5 Å². The molecule has 0 atom stereocenters. The Hall–Kier alpha value is -1.30. The number of nitrogens with one attached hydrogen (secondary N) is 2. The third-order valence-electron chi connectivity index (χ3n) is 1.85. The Kier molecular flexibility index (Phi) is 4.12. The monoisotopic (exact) mass is 243 g/mol. The molecule has 0 aliphatic rings. The van der Waals surface area contributed by atoms with Gasteiger partial charge in [-0.3, -0.25) is 4.72 Å². The van der Waals surface area contributed by atoms with Gasteiger partial charge >= 0.3 is 0 Å². The van der Waals surface area contributed by atoms with Crippen LogP contribution in [-0.4, -0.2) is 26.2 Å². The average Bonchev–Trinajstić information content (AvgIpc) is 2.16. The first-order chi connectivity index (χ1) is 7.43. The summed E-state index contributed by atoms with van der Waals surface area (Å²) in [7, 11) is -1.51. The normalized spacial score (nSPS) is 11.5. The number of nitrogens with zero attached hydrogens (tertiary/aromatic N) is 1. The molecule has 6 heteroatoms. The Bertz CT molecular complexity index is 426. The van der Waals surface area contributed by atoms with E-state index in [2.05, 4.69) is 15.0 Å².